The molecule has 2 N–H and O–H groups in total. The summed E-state index contributed by atoms with van der Waals surface area (Å²) in [4.78, 5) is 6.86. The first kappa shape index (κ1) is 20.9. The molecule has 2 aliphatic heterocycles. The van der Waals surface area contributed by atoms with Crippen LogP contribution in [0.5, 0.6) is 5.75 Å². The quantitative estimate of drug-likeness (QED) is 0.424. The SMILES string of the molecule is CN=C(NCCCN1CCCCC1C)NCCc1cc(F)cc2c1OCOC2. The second-order valence-electron chi connectivity index (χ2n) is 7.57. The Labute approximate surface area is 167 Å². The van der Waals surface area contributed by atoms with Crippen molar-refractivity contribution in [3.8, 4) is 5.75 Å². The summed E-state index contributed by atoms with van der Waals surface area (Å²) in [6.07, 6.45) is 5.75. The Morgan fingerprint density at radius 3 is 2.96 bits per heavy atom. The molecule has 2 aliphatic rings. The molecule has 3 rings (SSSR count). The zero-order chi connectivity index (χ0) is 19.8. The van der Waals surface area contributed by atoms with Crippen LogP contribution in [0.2, 0.25) is 0 Å². The van der Waals surface area contributed by atoms with Gasteiger partial charge in [-0.3, -0.25) is 4.99 Å². The zero-order valence-corrected chi connectivity index (χ0v) is 17.1. The summed E-state index contributed by atoms with van der Waals surface area (Å²) >= 11 is 0. The van der Waals surface area contributed by atoms with Crippen molar-refractivity contribution < 1.29 is 13.9 Å². The summed E-state index contributed by atoms with van der Waals surface area (Å²) < 4.78 is 24.6. The van der Waals surface area contributed by atoms with Gasteiger partial charge in [-0.2, -0.15) is 0 Å². The maximum Gasteiger partial charge on any atom is 0.190 e. The van der Waals surface area contributed by atoms with Gasteiger partial charge in [0.05, 0.1) is 6.61 Å². The van der Waals surface area contributed by atoms with Crippen LogP contribution in [0.1, 0.15) is 43.7 Å². The normalized spacial score (nSPS) is 20.4. The molecule has 0 radical (unpaired) electrons. The molecule has 7 heteroatoms. The molecule has 0 aromatic heterocycles. The van der Waals surface area contributed by atoms with Crippen molar-refractivity contribution in [2.24, 2.45) is 4.99 Å². The van der Waals surface area contributed by atoms with E-state index < -0.39 is 0 Å². The molecule has 0 amide bonds. The number of ether oxygens (including phenoxy) is 2. The lowest BCUT2D eigenvalue weighted by atomic mass is 10.0. The minimum atomic E-state index is -0.253. The molecule has 2 heterocycles. The molecular formula is C21H33FN4O2. The van der Waals surface area contributed by atoms with Crippen molar-refractivity contribution in [3.05, 3.63) is 29.1 Å². The molecule has 1 aromatic rings. The van der Waals surface area contributed by atoms with E-state index in [4.69, 9.17) is 9.47 Å². The number of halogens is 1. The minimum Gasteiger partial charge on any atom is -0.467 e. The third-order valence-corrected chi connectivity index (χ3v) is 5.52. The van der Waals surface area contributed by atoms with E-state index in [2.05, 4.69) is 27.4 Å². The minimum absolute atomic E-state index is 0.220. The van der Waals surface area contributed by atoms with E-state index in [0.29, 0.717) is 25.6 Å². The smallest absolute Gasteiger partial charge is 0.190 e. The monoisotopic (exact) mass is 392 g/mol. The van der Waals surface area contributed by atoms with Crippen molar-refractivity contribution >= 4 is 5.96 Å². The molecule has 28 heavy (non-hydrogen) atoms. The molecule has 0 aliphatic carbocycles. The van der Waals surface area contributed by atoms with Gasteiger partial charge in [-0.1, -0.05) is 6.42 Å². The van der Waals surface area contributed by atoms with E-state index in [1.165, 1.54) is 31.9 Å². The number of guanidine groups is 1. The first-order valence-corrected chi connectivity index (χ1v) is 10.4. The number of hydrogen-bond donors (Lipinski definition) is 2. The predicted molar refractivity (Wildman–Crippen MR) is 109 cm³/mol. The molecule has 1 aromatic carbocycles. The molecule has 1 saturated heterocycles. The van der Waals surface area contributed by atoms with Crippen molar-refractivity contribution in [2.45, 2.75) is 51.7 Å². The van der Waals surface area contributed by atoms with Crippen LogP contribution in [0.15, 0.2) is 17.1 Å². The van der Waals surface area contributed by atoms with E-state index in [1.807, 2.05) is 0 Å². The summed E-state index contributed by atoms with van der Waals surface area (Å²) in [6, 6.07) is 3.73. The highest BCUT2D eigenvalue weighted by molar-refractivity contribution is 5.79. The standard InChI is InChI=1S/C21H33FN4O2/c1-16-6-3-4-10-26(16)11-5-8-24-21(23-2)25-9-7-17-12-19(22)13-18-14-27-15-28-20(17)18/h12-13,16H,3-11,14-15H2,1-2H3,(H2,23,24,25). The Morgan fingerprint density at radius 1 is 1.29 bits per heavy atom. The molecular weight excluding hydrogens is 359 g/mol. The topological polar surface area (TPSA) is 58.1 Å². The number of piperidine rings is 1. The number of aliphatic imine (C=N–C) groups is 1. The highest BCUT2D eigenvalue weighted by Crippen LogP contribution is 2.29. The van der Waals surface area contributed by atoms with Crippen molar-refractivity contribution in [1.29, 1.82) is 0 Å². The third kappa shape index (κ3) is 5.82. The number of likely N-dealkylation sites (tertiary alicyclic amines) is 1. The second kappa shape index (κ2) is 10.6. The van der Waals surface area contributed by atoms with Gasteiger partial charge in [0.15, 0.2) is 12.8 Å². The van der Waals surface area contributed by atoms with Crippen LogP contribution in [0.3, 0.4) is 0 Å². The average molecular weight is 393 g/mol. The summed E-state index contributed by atoms with van der Waals surface area (Å²) in [6.45, 7) is 6.83. The van der Waals surface area contributed by atoms with E-state index >= 15 is 0 Å². The van der Waals surface area contributed by atoms with Gasteiger partial charge in [0.2, 0.25) is 0 Å². The van der Waals surface area contributed by atoms with Gasteiger partial charge in [0, 0.05) is 38.3 Å². The Kier molecular flexibility index (Phi) is 7.91. The lowest BCUT2D eigenvalue weighted by molar-refractivity contribution is -0.0172. The van der Waals surface area contributed by atoms with Crippen molar-refractivity contribution in [3.63, 3.8) is 0 Å². The number of rotatable bonds is 7. The molecule has 0 bridgehead atoms. The van der Waals surface area contributed by atoms with Gasteiger partial charge < -0.3 is 25.0 Å². The highest BCUT2D eigenvalue weighted by atomic mass is 19.1. The third-order valence-electron chi connectivity index (χ3n) is 5.52. The van der Waals surface area contributed by atoms with Crippen LogP contribution >= 0.6 is 0 Å². The Balaban J connectivity index is 1.39. The summed E-state index contributed by atoms with van der Waals surface area (Å²) in [5.74, 6) is 1.28. The zero-order valence-electron chi connectivity index (χ0n) is 17.1. The number of benzene rings is 1. The Bertz CT molecular complexity index is 668. The van der Waals surface area contributed by atoms with Crippen LogP contribution in [0.4, 0.5) is 4.39 Å². The maximum atomic E-state index is 13.8. The molecule has 1 atom stereocenters. The second-order valence-corrected chi connectivity index (χ2v) is 7.57. The first-order chi connectivity index (χ1) is 13.7. The van der Waals surface area contributed by atoms with Gasteiger partial charge in [-0.25, -0.2) is 4.39 Å². The van der Waals surface area contributed by atoms with Crippen LogP contribution in [-0.2, 0) is 17.8 Å². The van der Waals surface area contributed by atoms with Gasteiger partial charge >= 0.3 is 0 Å². The Hall–Kier alpha value is -1.86. The van der Waals surface area contributed by atoms with Crippen molar-refractivity contribution in [2.75, 3.05) is 40.0 Å². The fourth-order valence-electron chi connectivity index (χ4n) is 3.96. The maximum absolute atomic E-state index is 13.8. The number of hydrogen-bond acceptors (Lipinski definition) is 4. The van der Waals surface area contributed by atoms with E-state index in [-0.39, 0.29) is 12.6 Å². The lowest BCUT2D eigenvalue weighted by Gasteiger charge is -2.33. The largest absolute Gasteiger partial charge is 0.467 e. The number of fused-ring (bicyclic) bond motifs is 1. The van der Waals surface area contributed by atoms with Crippen LogP contribution < -0.4 is 15.4 Å². The fourth-order valence-corrected chi connectivity index (χ4v) is 3.96. The molecule has 156 valence electrons. The van der Waals surface area contributed by atoms with Gasteiger partial charge in [0.25, 0.3) is 0 Å². The average Bonchev–Trinajstić information content (AvgIpc) is 2.70. The Morgan fingerprint density at radius 2 is 2.14 bits per heavy atom. The predicted octanol–water partition coefficient (Wildman–Crippen LogP) is 2.66. The van der Waals surface area contributed by atoms with Gasteiger partial charge in [-0.15, -0.1) is 0 Å². The molecule has 6 nitrogen and oxygen atoms in total. The van der Waals surface area contributed by atoms with Crippen LogP contribution in [0, 0.1) is 5.82 Å². The highest BCUT2D eigenvalue weighted by Gasteiger charge is 2.18. The van der Waals surface area contributed by atoms with E-state index in [0.717, 1.165) is 42.3 Å². The first-order valence-electron chi connectivity index (χ1n) is 10.4. The summed E-state index contributed by atoms with van der Waals surface area (Å²) in [5, 5.41) is 6.68. The van der Waals surface area contributed by atoms with E-state index in [1.54, 1.807) is 13.1 Å². The molecule has 0 spiro atoms. The number of nitrogens with one attached hydrogen (secondary N) is 2. The molecule has 0 saturated carbocycles. The van der Waals surface area contributed by atoms with Gasteiger partial charge in [0.1, 0.15) is 11.6 Å². The van der Waals surface area contributed by atoms with Crippen LogP contribution in [0.25, 0.3) is 0 Å². The summed E-state index contributed by atoms with van der Waals surface area (Å²) in [7, 11) is 1.77. The molecule has 1 unspecified atom stereocenters. The van der Waals surface area contributed by atoms with Crippen LogP contribution in [-0.4, -0.2) is 56.9 Å². The molecule has 1 fully saturated rings. The number of nitrogens with zero attached hydrogens (tertiary/aromatic N) is 2. The lowest BCUT2D eigenvalue weighted by Crippen LogP contribution is -2.41. The summed E-state index contributed by atoms with van der Waals surface area (Å²) in [5.41, 5.74) is 1.64. The van der Waals surface area contributed by atoms with Gasteiger partial charge in [-0.05, 0) is 56.8 Å². The van der Waals surface area contributed by atoms with E-state index in [9.17, 15) is 4.39 Å². The fraction of sp³-hybridized carbons (Fsp3) is 0.667. The van der Waals surface area contributed by atoms with Crippen molar-refractivity contribution in [1.82, 2.24) is 15.5 Å².